The van der Waals surface area contributed by atoms with Crippen molar-refractivity contribution < 1.29 is 4.42 Å². The van der Waals surface area contributed by atoms with E-state index in [-0.39, 0.29) is 0 Å². The van der Waals surface area contributed by atoms with E-state index in [9.17, 15) is 0 Å². The number of fused-ring (bicyclic) bond motifs is 9. The first-order valence-corrected chi connectivity index (χ1v) is 17.4. The van der Waals surface area contributed by atoms with Crippen LogP contribution < -0.4 is 0 Å². The van der Waals surface area contributed by atoms with E-state index in [1.807, 2.05) is 0 Å². The molecular formula is C48H30N2O. The van der Waals surface area contributed by atoms with E-state index < -0.39 is 0 Å². The Bertz CT molecular complexity index is 3130. The Labute approximate surface area is 293 Å². The molecule has 8 aromatic carbocycles. The van der Waals surface area contributed by atoms with Gasteiger partial charge in [-0.3, -0.25) is 0 Å². The van der Waals surface area contributed by atoms with Crippen molar-refractivity contribution in [1.82, 2.24) is 9.13 Å². The van der Waals surface area contributed by atoms with Crippen molar-refractivity contribution in [1.29, 1.82) is 0 Å². The minimum absolute atomic E-state index is 0.879. The van der Waals surface area contributed by atoms with Gasteiger partial charge in [0.1, 0.15) is 11.2 Å². The van der Waals surface area contributed by atoms with Crippen LogP contribution >= 0.6 is 0 Å². The van der Waals surface area contributed by atoms with Crippen molar-refractivity contribution >= 4 is 65.6 Å². The fraction of sp³-hybridized carbons (Fsp3) is 0. The van der Waals surface area contributed by atoms with Gasteiger partial charge in [-0.25, -0.2) is 0 Å². The lowest BCUT2D eigenvalue weighted by Crippen LogP contribution is -1.96. The van der Waals surface area contributed by atoms with E-state index in [2.05, 4.69) is 191 Å². The predicted octanol–water partition coefficient (Wildman–Crippen LogP) is 13.1. The van der Waals surface area contributed by atoms with E-state index >= 15 is 0 Å². The zero-order chi connectivity index (χ0) is 33.5. The van der Waals surface area contributed by atoms with Crippen molar-refractivity contribution in [2.75, 3.05) is 0 Å². The summed E-state index contributed by atoms with van der Waals surface area (Å²) in [6.07, 6.45) is 0. The van der Waals surface area contributed by atoms with Crippen LogP contribution in [0, 0.1) is 0 Å². The molecule has 0 saturated heterocycles. The van der Waals surface area contributed by atoms with Crippen LogP contribution in [0.5, 0.6) is 0 Å². The topological polar surface area (TPSA) is 23.0 Å². The third-order valence-electron chi connectivity index (χ3n) is 10.5. The fourth-order valence-electron chi connectivity index (χ4n) is 8.25. The van der Waals surface area contributed by atoms with Crippen LogP contribution in [0.2, 0.25) is 0 Å². The van der Waals surface area contributed by atoms with Gasteiger partial charge < -0.3 is 13.6 Å². The average molecular weight is 651 g/mol. The minimum Gasteiger partial charge on any atom is -0.456 e. The van der Waals surface area contributed by atoms with Crippen molar-refractivity contribution in [3.8, 4) is 33.6 Å². The maximum Gasteiger partial charge on any atom is 0.137 e. The number of hydrogen-bond donors (Lipinski definition) is 0. The molecule has 3 nitrogen and oxygen atoms in total. The number of rotatable bonds is 4. The molecule has 3 heterocycles. The first kappa shape index (κ1) is 28.0. The molecule has 0 spiro atoms. The first-order valence-electron chi connectivity index (χ1n) is 17.4. The van der Waals surface area contributed by atoms with Crippen molar-refractivity contribution in [2.45, 2.75) is 0 Å². The largest absolute Gasteiger partial charge is 0.456 e. The summed E-state index contributed by atoms with van der Waals surface area (Å²) in [6, 6.07) is 65.4. The summed E-state index contributed by atoms with van der Waals surface area (Å²) in [6.45, 7) is 0. The summed E-state index contributed by atoms with van der Waals surface area (Å²) in [5, 5.41) is 7.22. The molecule has 11 aromatic rings. The zero-order valence-corrected chi connectivity index (χ0v) is 27.6. The van der Waals surface area contributed by atoms with E-state index in [0.717, 1.165) is 38.8 Å². The molecule has 0 N–H and O–H groups in total. The van der Waals surface area contributed by atoms with Crippen molar-refractivity contribution in [3.05, 3.63) is 182 Å². The molecule has 0 aliphatic carbocycles. The number of furan rings is 1. The normalized spacial score (nSPS) is 11.9. The highest BCUT2D eigenvalue weighted by Gasteiger charge is 2.20. The van der Waals surface area contributed by atoms with Gasteiger partial charge in [0.05, 0.1) is 22.1 Å². The molecule has 238 valence electrons. The lowest BCUT2D eigenvalue weighted by atomic mass is 9.99. The smallest absolute Gasteiger partial charge is 0.137 e. The van der Waals surface area contributed by atoms with Gasteiger partial charge in [-0.1, -0.05) is 121 Å². The summed E-state index contributed by atoms with van der Waals surface area (Å²) in [4.78, 5) is 0. The van der Waals surface area contributed by atoms with Gasteiger partial charge in [-0.2, -0.15) is 0 Å². The zero-order valence-electron chi connectivity index (χ0n) is 27.6. The van der Waals surface area contributed by atoms with Gasteiger partial charge in [-0.15, -0.1) is 0 Å². The second-order valence-corrected chi connectivity index (χ2v) is 13.3. The molecule has 0 amide bonds. The number of benzene rings is 8. The van der Waals surface area contributed by atoms with Crippen LogP contribution in [0.3, 0.4) is 0 Å². The molecule has 0 radical (unpaired) electrons. The molecule has 3 heteroatoms. The van der Waals surface area contributed by atoms with Gasteiger partial charge in [0.2, 0.25) is 0 Å². The summed E-state index contributed by atoms with van der Waals surface area (Å²) in [7, 11) is 0. The van der Waals surface area contributed by atoms with E-state index in [1.54, 1.807) is 0 Å². The minimum atomic E-state index is 0.879. The molecule has 0 aliphatic heterocycles. The van der Waals surface area contributed by atoms with E-state index in [0.29, 0.717) is 0 Å². The molecule has 0 atom stereocenters. The summed E-state index contributed by atoms with van der Waals surface area (Å²) >= 11 is 0. The Hall–Kier alpha value is -6.84. The Kier molecular flexibility index (Phi) is 5.96. The van der Waals surface area contributed by atoms with Crippen LogP contribution in [0.4, 0.5) is 0 Å². The number of aromatic nitrogens is 2. The Morgan fingerprint density at radius 1 is 0.314 bits per heavy atom. The summed E-state index contributed by atoms with van der Waals surface area (Å²) in [5.74, 6) is 0. The highest BCUT2D eigenvalue weighted by atomic mass is 16.3. The SMILES string of the molecule is c1ccc(-c2cccc(-n3c4ccccc4c4cc5c6ccccc6n(-c6ccc7c(c6)oc6cccc(-c8ccccc8)c67)c5cc43)c2)cc1. The maximum atomic E-state index is 6.59. The van der Waals surface area contributed by atoms with Crippen molar-refractivity contribution in [3.63, 3.8) is 0 Å². The standard InChI is InChI=1S/C48H30N2O/c1-3-13-31(14-4-1)33-17-11-18-34(27-33)49-42-22-9-7-19-37(42)40-29-41-38-20-8-10-23-43(38)50(45(41)30-44(40)49)35-25-26-39-47(28-35)51-46-24-12-21-36(48(39)46)32-15-5-2-6-16-32/h1-30H. The fourth-order valence-corrected chi connectivity index (χ4v) is 8.25. The number of para-hydroxylation sites is 2. The van der Waals surface area contributed by atoms with Crippen molar-refractivity contribution in [2.24, 2.45) is 0 Å². The van der Waals surface area contributed by atoms with Crippen LogP contribution in [0.1, 0.15) is 0 Å². The highest BCUT2D eigenvalue weighted by Crippen LogP contribution is 2.42. The average Bonchev–Trinajstić information content (AvgIpc) is 3.84. The first-order chi connectivity index (χ1) is 25.3. The van der Waals surface area contributed by atoms with Gasteiger partial charge in [0.25, 0.3) is 0 Å². The predicted molar refractivity (Wildman–Crippen MR) is 213 cm³/mol. The Morgan fingerprint density at radius 3 is 1.61 bits per heavy atom. The molecule has 51 heavy (non-hydrogen) atoms. The second-order valence-electron chi connectivity index (χ2n) is 13.3. The van der Waals surface area contributed by atoms with Crippen LogP contribution in [-0.2, 0) is 0 Å². The molecule has 11 rings (SSSR count). The Balaban J connectivity index is 1.18. The lowest BCUT2D eigenvalue weighted by molar-refractivity contribution is 0.668. The molecule has 3 aromatic heterocycles. The molecule has 0 unspecified atom stereocenters. The summed E-state index contributed by atoms with van der Waals surface area (Å²) in [5.41, 5.74) is 13.5. The second kappa shape index (κ2) is 10.8. The third-order valence-corrected chi connectivity index (χ3v) is 10.5. The van der Waals surface area contributed by atoms with Gasteiger partial charge in [-0.05, 0) is 76.9 Å². The molecular weight excluding hydrogens is 621 g/mol. The molecule has 0 bridgehead atoms. The number of hydrogen-bond acceptors (Lipinski definition) is 1. The lowest BCUT2D eigenvalue weighted by Gasteiger charge is -2.11. The number of nitrogens with zero attached hydrogens (tertiary/aromatic N) is 2. The molecule has 0 fully saturated rings. The van der Waals surface area contributed by atoms with Gasteiger partial charge >= 0.3 is 0 Å². The quantitative estimate of drug-likeness (QED) is 0.186. The van der Waals surface area contributed by atoms with Crippen LogP contribution in [-0.4, -0.2) is 9.13 Å². The monoisotopic (exact) mass is 650 g/mol. The van der Waals surface area contributed by atoms with Crippen LogP contribution in [0.15, 0.2) is 186 Å². The maximum absolute atomic E-state index is 6.59. The van der Waals surface area contributed by atoms with E-state index in [4.69, 9.17) is 4.42 Å². The third kappa shape index (κ3) is 4.19. The molecule has 0 saturated carbocycles. The molecule has 0 aliphatic rings. The Morgan fingerprint density at radius 2 is 0.902 bits per heavy atom. The summed E-state index contributed by atoms with van der Waals surface area (Å²) < 4.78 is 11.4. The van der Waals surface area contributed by atoms with Gasteiger partial charge in [0, 0.05) is 49.8 Å². The van der Waals surface area contributed by atoms with Gasteiger partial charge in [0.15, 0.2) is 0 Å². The highest BCUT2D eigenvalue weighted by molar-refractivity contribution is 6.19. The van der Waals surface area contributed by atoms with Crippen LogP contribution in [0.25, 0.3) is 99.2 Å². The van der Waals surface area contributed by atoms with E-state index in [1.165, 1.54) is 60.3 Å².